The van der Waals surface area contributed by atoms with E-state index >= 15 is 0 Å². The average Bonchev–Trinajstić information content (AvgIpc) is 2.77. The highest BCUT2D eigenvalue weighted by Crippen LogP contribution is 2.36. The lowest BCUT2D eigenvalue weighted by atomic mass is 9.88. The van der Waals surface area contributed by atoms with E-state index in [0.29, 0.717) is 18.0 Å². The molecule has 0 amide bonds. The van der Waals surface area contributed by atoms with Crippen LogP contribution < -0.4 is 14.8 Å². The molecule has 2 N–H and O–H groups in total. The number of hydrogen-bond acceptors (Lipinski definition) is 4. The molecule has 4 nitrogen and oxygen atoms in total. The van der Waals surface area contributed by atoms with Crippen molar-refractivity contribution in [3.63, 3.8) is 0 Å². The maximum atomic E-state index is 11.1. The van der Waals surface area contributed by atoms with Crippen LogP contribution in [0.15, 0.2) is 72.8 Å². The number of methoxy groups -OCH3 is 2. The van der Waals surface area contributed by atoms with Gasteiger partial charge in [-0.1, -0.05) is 66.2 Å². The van der Waals surface area contributed by atoms with Crippen molar-refractivity contribution in [3.05, 3.63) is 95.1 Å². The Morgan fingerprint density at radius 1 is 0.828 bits per heavy atom. The molecule has 0 radical (unpaired) electrons. The first-order chi connectivity index (χ1) is 14.1. The summed E-state index contributed by atoms with van der Waals surface area (Å²) in [5.41, 5.74) is 4.35. The van der Waals surface area contributed by atoms with Crippen LogP contribution in [0.5, 0.6) is 11.5 Å². The van der Waals surface area contributed by atoms with E-state index in [0.717, 1.165) is 17.7 Å². The Hall–Kier alpha value is -2.82. The highest BCUT2D eigenvalue weighted by atomic mass is 16.5. The molecular weight excluding hydrogens is 362 g/mol. The monoisotopic (exact) mass is 391 g/mol. The molecule has 29 heavy (non-hydrogen) atoms. The van der Waals surface area contributed by atoms with Gasteiger partial charge in [-0.05, 0) is 35.7 Å². The van der Waals surface area contributed by atoms with Gasteiger partial charge in [0.25, 0.3) is 0 Å². The molecule has 0 aliphatic rings. The zero-order valence-corrected chi connectivity index (χ0v) is 17.3. The van der Waals surface area contributed by atoms with E-state index in [1.807, 2.05) is 48.5 Å². The van der Waals surface area contributed by atoms with Crippen molar-refractivity contribution in [1.29, 1.82) is 0 Å². The van der Waals surface area contributed by atoms with Gasteiger partial charge in [-0.15, -0.1) is 0 Å². The molecule has 0 aliphatic carbocycles. The fourth-order valence-electron chi connectivity index (χ4n) is 3.46. The van der Waals surface area contributed by atoms with Crippen LogP contribution in [0.2, 0.25) is 0 Å². The van der Waals surface area contributed by atoms with Crippen LogP contribution in [0.3, 0.4) is 0 Å². The number of aliphatic hydroxyl groups is 1. The molecule has 2 unspecified atom stereocenters. The smallest absolute Gasteiger partial charge is 0.160 e. The van der Waals surface area contributed by atoms with Gasteiger partial charge in [-0.25, -0.2) is 0 Å². The number of benzene rings is 3. The normalized spacial score (nSPS) is 13.0. The summed E-state index contributed by atoms with van der Waals surface area (Å²) in [5, 5.41) is 14.6. The molecule has 0 bridgehead atoms. The van der Waals surface area contributed by atoms with Crippen LogP contribution in [-0.2, 0) is 6.54 Å². The Bertz CT molecular complexity index is 894. The van der Waals surface area contributed by atoms with Gasteiger partial charge in [-0.2, -0.15) is 0 Å². The molecule has 3 aromatic carbocycles. The lowest BCUT2D eigenvalue weighted by Crippen LogP contribution is -2.25. The number of aryl methyl sites for hydroxylation is 1. The summed E-state index contributed by atoms with van der Waals surface area (Å²) in [7, 11) is 3.25. The van der Waals surface area contributed by atoms with Crippen LogP contribution in [0.1, 0.15) is 34.3 Å². The zero-order valence-electron chi connectivity index (χ0n) is 17.3. The van der Waals surface area contributed by atoms with E-state index in [1.165, 1.54) is 11.1 Å². The zero-order chi connectivity index (χ0) is 20.6. The van der Waals surface area contributed by atoms with Crippen LogP contribution >= 0.6 is 0 Å². The molecule has 0 saturated carbocycles. The van der Waals surface area contributed by atoms with Crippen LogP contribution in [0, 0.1) is 6.92 Å². The van der Waals surface area contributed by atoms with Gasteiger partial charge < -0.3 is 19.9 Å². The number of ether oxygens (including phenoxy) is 2. The van der Waals surface area contributed by atoms with E-state index in [2.05, 4.69) is 36.5 Å². The standard InChI is InChI=1S/C25H29NO3/c1-18-9-11-19(12-10-18)16-26-17-22(25(27)20-7-5-4-6-8-20)21-13-14-23(28-2)24(15-21)29-3/h4-15,22,25-27H,16-17H2,1-3H3. The lowest BCUT2D eigenvalue weighted by molar-refractivity contribution is 0.143. The molecule has 2 atom stereocenters. The van der Waals surface area contributed by atoms with Crippen LogP contribution in [0.4, 0.5) is 0 Å². The molecule has 0 spiro atoms. The number of rotatable bonds is 9. The Labute approximate surface area is 173 Å². The van der Waals surface area contributed by atoms with E-state index in [1.54, 1.807) is 14.2 Å². The molecular formula is C25H29NO3. The predicted molar refractivity (Wildman–Crippen MR) is 117 cm³/mol. The van der Waals surface area contributed by atoms with Gasteiger partial charge in [0.2, 0.25) is 0 Å². The number of nitrogens with one attached hydrogen (secondary N) is 1. The Morgan fingerprint density at radius 2 is 1.52 bits per heavy atom. The van der Waals surface area contributed by atoms with Gasteiger partial charge in [-0.3, -0.25) is 0 Å². The highest BCUT2D eigenvalue weighted by Gasteiger charge is 2.24. The minimum absolute atomic E-state index is 0.136. The molecule has 3 aromatic rings. The van der Waals surface area contributed by atoms with Crippen molar-refractivity contribution >= 4 is 0 Å². The minimum atomic E-state index is -0.639. The van der Waals surface area contributed by atoms with Crippen LogP contribution in [0.25, 0.3) is 0 Å². The first kappa shape index (κ1) is 20.9. The summed E-state index contributed by atoms with van der Waals surface area (Å²) in [4.78, 5) is 0. The van der Waals surface area contributed by atoms with E-state index < -0.39 is 6.10 Å². The summed E-state index contributed by atoms with van der Waals surface area (Å²) in [5.74, 6) is 1.20. The first-order valence-electron chi connectivity index (χ1n) is 9.83. The fourth-order valence-corrected chi connectivity index (χ4v) is 3.46. The van der Waals surface area contributed by atoms with Gasteiger partial charge in [0.15, 0.2) is 11.5 Å². The fraction of sp³-hybridized carbons (Fsp3) is 0.280. The Kier molecular flexibility index (Phi) is 7.28. The minimum Gasteiger partial charge on any atom is -0.493 e. The molecule has 3 rings (SSSR count). The molecule has 0 aromatic heterocycles. The largest absolute Gasteiger partial charge is 0.493 e. The number of hydrogen-bond donors (Lipinski definition) is 2. The van der Waals surface area contributed by atoms with Crippen LogP contribution in [-0.4, -0.2) is 25.9 Å². The maximum Gasteiger partial charge on any atom is 0.160 e. The quantitative estimate of drug-likeness (QED) is 0.559. The van der Waals surface area contributed by atoms with Gasteiger partial charge in [0.1, 0.15) is 0 Å². The molecule has 0 saturated heterocycles. The number of aliphatic hydroxyl groups excluding tert-OH is 1. The SMILES string of the molecule is COc1ccc(C(CNCc2ccc(C)cc2)C(O)c2ccccc2)cc1OC. The molecule has 0 fully saturated rings. The second kappa shape index (κ2) is 10.1. The van der Waals surface area contributed by atoms with Crippen molar-refractivity contribution in [3.8, 4) is 11.5 Å². The van der Waals surface area contributed by atoms with Crippen molar-refractivity contribution in [2.45, 2.75) is 25.5 Å². The topological polar surface area (TPSA) is 50.7 Å². The van der Waals surface area contributed by atoms with Crippen molar-refractivity contribution in [2.75, 3.05) is 20.8 Å². The summed E-state index contributed by atoms with van der Waals surface area (Å²) < 4.78 is 10.8. The predicted octanol–water partition coefficient (Wildman–Crippen LogP) is 4.62. The van der Waals surface area contributed by atoms with Crippen molar-refractivity contribution < 1.29 is 14.6 Å². The Morgan fingerprint density at radius 3 is 2.17 bits per heavy atom. The molecule has 0 heterocycles. The summed E-state index contributed by atoms with van der Waals surface area (Å²) >= 11 is 0. The first-order valence-corrected chi connectivity index (χ1v) is 9.83. The highest BCUT2D eigenvalue weighted by molar-refractivity contribution is 5.44. The summed E-state index contributed by atoms with van der Waals surface area (Å²) in [6, 6.07) is 24.1. The van der Waals surface area contributed by atoms with Crippen molar-refractivity contribution in [1.82, 2.24) is 5.32 Å². The third-order valence-corrected chi connectivity index (χ3v) is 5.17. The van der Waals surface area contributed by atoms with Gasteiger partial charge >= 0.3 is 0 Å². The second-order valence-electron chi connectivity index (χ2n) is 7.19. The average molecular weight is 392 g/mol. The summed E-state index contributed by atoms with van der Waals surface area (Å²) in [6.07, 6.45) is -0.639. The third kappa shape index (κ3) is 5.37. The maximum absolute atomic E-state index is 11.1. The van der Waals surface area contributed by atoms with Crippen molar-refractivity contribution in [2.24, 2.45) is 0 Å². The lowest BCUT2D eigenvalue weighted by Gasteiger charge is -2.25. The van der Waals surface area contributed by atoms with E-state index in [4.69, 9.17) is 9.47 Å². The second-order valence-corrected chi connectivity index (χ2v) is 7.19. The van der Waals surface area contributed by atoms with E-state index in [9.17, 15) is 5.11 Å². The third-order valence-electron chi connectivity index (χ3n) is 5.17. The molecule has 152 valence electrons. The van der Waals surface area contributed by atoms with E-state index in [-0.39, 0.29) is 5.92 Å². The molecule has 4 heteroatoms. The Balaban J connectivity index is 1.82. The van der Waals surface area contributed by atoms with Gasteiger partial charge in [0.05, 0.1) is 20.3 Å². The molecule has 0 aliphatic heterocycles. The van der Waals surface area contributed by atoms with Gasteiger partial charge in [0, 0.05) is 19.0 Å². The summed E-state index contributed by atoms with van der Waals surface area (Å²) in [6.45, 7) is 3.45.